The van der Waals surface area contributed by atoms with Crippen molar-refractivity contribution in [1.82, 2.24) is 20.4 Å². The highest BCUT2D eigenvalue weighted by atomic mass is 16.2. The van der Waals surface area contributed by atoms with Crippen LogP contribution < -0.4 is 10.6 Å². The van der Waals surface area contributed by atoms with Gasteiger partial charge in [-0.25, -0.2) is 0 Å². The molecule has 2 saturated heterocycles. The van der Waals surface area contributed by atoms with Gasteiger partial charge in [-0.2, -0.15) is 0 Å². The second-order valence-corrected chi connectivity index (χ2v) is 5.87. The fourth-order valence-electron chi connectivity index (χ4n) is 2.66. The molecular weight excluding hydrogens is 298 g/mol. The van der Waals surface area contributed by atoms with Gasteiger partial charge in [-0.3, -0.25) is 19.7 Å². The van der Waals surface area contributed by atoms with E-state index in [1.54, 1.807) is 0 Å². The van der Waals surface area contributed by atoms with Crippen LogP contribution in [-0.2, 0) is 14.4 Å². The van der Waals surface area contributed by atoms with Gasteiger partial charge in [0.15, 0.2) is 0 Å². The first-order chi connectivity index (χ1) is 11.0. The van der Waals surface area contributed by atoms with E-state index in [-0.39, 0.29) is 5.91 Å². The van der Waals surface area contributed by atoms with Crippen molar-refractivity contribution in [2.24, 2.45) is 0 Å². The maximum atomic E-state index is 12.1. The molecule has 2 rings (SSSR count). The van der Waals surface area contributed by atoms with Gasteiger partial charge in [0.05, 0.1) is 5.70 Å². The second-order valence-electron chi connectivity index (χ2n) is 5.87. The van der Waals surface area contributed by atoms with Crippen molar-refractivity contribution >= 4 is 23.9 Å². The average Bonchev–Trinajstić information content (AvgIpc) is 2.67. The molecule has 3 amide bonds. The van der Waals surface area contributed by atoms with E-state index < -0.39 is 17.9 Å². The number of rotatable bonds is 4. The lowest BCUT2D eigenvalue weighted by atomic mass is 10.1. The summed E-state index contributed by atoms with van der Waals surface area (Å²) in [5, 5.41) is 12.4. The molecule has 2 aliphatic heterocycles. The third-order valence-electron chi connectivity index (χ3n) is 4.09. The monoisotopic (exact) mass is 321 g/mol. The lowest BCUT2D eigenvalue weighted by Gasteiger charge is -2.34. The van der Waals surface area contributed by atoms with Gasteiger partial charge < -0.3 is 20.5 Å². The summed E-state index contributed by atoms with van der Waals surface area (Å²) < 4.78 is 0. The van der Waals surface area contributed by atoms with Gasteiger partial charge in [0.25, 0.3) is 0 Å². The Morgan fingerprint density at radius 2 is 2.00 bits per heavy atom. The molecule has 0 aliphatic carbocycles. The van der Waals surface area contributed by atoms with Crippen LogP contribution in [0.2, 0.25) is 0 Å². The van der Waals surface area contributed by atoms with Crippen molar-refractivity contribution in [1.29, 1.82) is 5.41 Å². The first-order valence-corrected chi connectivity index (χ1v) is 7.79. The van der Waals surface area contributed by atoms with Crippen LogP contribution in [0.15, 0.2) is 11.8 Å². The standard InChI is InChI=1S/C15H23N5O3/c1-19-5-7-20(8-6-19)11(10-16)9-14(22)17-12-3-2-4-13(21)18-15(12)23/h9-10,12,16H,2-8H2,1H3,(H,17,22)(H,18,21,23)/b11-9+,16-10?. The number of allylic oxidation sites excluding steroid dienone is 1. The van der Waals surface area contributed by atoms with Crippen molar-refractivity contribution in [3.8, 4) is 0 Å². The van der Waals surface area contributed by atoms with E-state index in [0.717, 1.165) is 32.4 Å². The molecule has 0 aromatic rings. The largest absolute Gasteiger partial charge is 0.368 e. The lowest BCUT2D eigenvalue weighted by Crippen LogP contribution is -2.47. The second kappa shape index (κ2) is 7.87. The van der Waals surface area contributed by atoms with Crippen molar-refractivity contribution in [3.05, 3.63) is 11.8 Å². The molecule has 2 fully saturated rings. The SMILES string of the molecule is CN1CCN(/C(C=N)=C/C(=O)NC2CCCC(=O)NC2=O)CC1. The number of carbonyl (C=O) groups is 3. The zero-order valence-corrected chi connectivity index (χ0v) is 13.3. The third-order valence-corrected chi connectivity index (χ3v) is 4.09. The van der Waals surface area contributed by atoms with Crippen molar-refractivity contribution in [3.63, 3.8) is 0 Å². The van der Waals surface area contributed by atoms with Crippen molar-refractivity contribution in [2.75, 3.05) is 33.2 Å². The van der Waals surface area contributed by atoms with Crippen LogP contribution in [0, 0.1) is 5.41 Å². The number of piperazine rings is 1. The molecule has 8 nitrogen and oxygen atoms in total. The van der Waals surface area contributed by atoms with Gasteiger partial charge in [0.1, 0.15) is 6.04 Å². The van der Waals surface area contributed by atoms with Crippen LogP contribution in [0.5, 0.6) is 0 Å². The quantitative estimate of drug-likeness (QED) is 0.353. The Morgan fingerprint density at radius 1 is 1.30 bits per heavy atom. The molecule has 3 N–H and O–H groups in total. The smallest absolute Gasteiger partial charge is 0.249 e. The van der Waals surface area contributed by atoms with Crippen molar-refractivity contribution < 1.29 is 14.4 Å². The van der Waals surface area contributed by atoms with E-state index in [1.807, 2.05) is 11.9 Å². The Morgan fingerprint density at radius 3 is 2.65 bits per heavy atom. The molecule has 0 aromatic carbocycles. The van der Waals surface area contributed by atoms with Crippen LogP contribution in [0.4, 0.5) is 0 Å². The molecule has 0 radical (unpaired) electrons. The van der Waals surface area contributed by atoms with Crippen LogP contribution in [-0.4, -0.2) is 73.0 Å². The van der Waals surface area contributed by atoms with Gasteiger partial charge in [0.2, 0.25) is 17.7 Å². The summed E-state index contributed by atoms with van der Waals surface area (Å²) in [6, 6.07) is -0.704. The van der Waals surface area contributed by atoms with E-state index in [2.05, 4.69) is 15.5 Å². The molecule has 0 spiro atoms. The topological polar surface area (TPSA) is 106 Å². The number of nitrogens with one attached hydrogen (secondary N) is 3. The minimum Gasteiger partial charge on any atom is -0.368 e. The zero-order chi connectivity index (χ0) is 16.8. The molecule has 23 heavy (non-hydrogen) atoms. The van der Waals surface area contributed by atoms with Gasteiger partial charge in [-0.15, -0.1) is 0 Å². The van der Waals surface area contributed by atoms with Crippen LogP contribution in [0.3, 0.4) is 0 Å². The Bertz CT molecular complexity index is 523. The predicted molar refractivity (Wildman–Crippen MR) is 84.9 cm³/mol. The van der Waals surface area contributed by atoms with Crippen LogP contribution in [0.25, 0.3) is 0 Å². The van der Waals surface area contributed by atoms with E-state index in [9.17, 15) is 14.4 Å². The van der Waals surface area contributed by atoms with E-state index in [0.29, 0.717) is 25.0 Å². The summed E-state index contributed by atoms with van der Waals surface area (Å²) in [6.07, 6.45) is 3.79. The summed E-state index contributed by atoms with van der Waals surface area (Å²) in [4.78, 5) is 39.4. The average molecular weight is 321 g/mol. The van der Waals surface area contributed by atoms with Gasteiger partial charge in [-0.05, 0) is 19.9 Å². The molecule has 2 heterocycles. The minimum atomic E-state index is -0.704. The van der Waals surface area contributed by atoms with Gasteiger partial charge in [0, 0.05) is 44.9 Å². The summed E-state index contributed by atoms with van der Waals surface area (Å²) in [5.74, 6) is -1.19. The first kappa shape index (κ1) is 17.1. The predicted octanol–water partition coefficient (Wildman–Crippen LogP) is -0.921. The summed E-state index contributed by atoms with van der Waals surface area (Å²) in [6.45, 7) is 3.26. The number of amides is 3. The van der Waals surface area contributed by atoms with Gasteiger partial charge in [-0.1, -0.05) is 0 Å². The molecule has 0 bridgehead atoms. The molecular formula is C15H23N5O3. The molecule has 126 valence electrons. The number of likely N-dealkylation sites (N-methyl/N-ethyl adjacent to an activating group) is 1. The molecule has 2 aliphatic rings. The minimum absolute atomic E-state index is 0.293. The number of hydrogen-bond donors (Lipinski definition) is 3. The Hall–Kier alpha value is -2.22. The summed E-state index contributed by atoms with van der Waals surface area (Å²) in [5.41, 5.74) is 0.528. The Balaban J connectivity index is 1.96. The highest BCUT2D eigenvalue weighted by Gasteiger charge is 2.25. The number of carbonyl (C=O) groups excluding carboxylic acids is 3. The molecule has 8 heteroatoms. The Labute approximate surface area is 135 Å². The van der Waals surface area contributed by atoms with Gasteiger partial charge >= 0.3 is 0 Å². The third kappa shape index (κ3) is 4.88. The summed E-state index contributed by atoms with van der Waals surface area (Å²) in [7, 11) is 2.03. The highest BCUT2D eigenvalue weighted by molar-refractivity contribution is 6.01. The summed E-state index contributed by atoms with van der Waals surface area (Å²) >= 11 is 0. The molecule has 1 atom stereocenters. The maximum Gasteiger partial charge on any atom is 0.249 e. The van der Waals surface area contributed by atoms with Crippen LogP contribution in [0.1, 0.15) is 19.3 Å². The van der Waals surface area contributed by atoms with E-state index in [4.69, 9.17) is 5.41 Å². The lowest BCUT2D eigenvalue weighted by molar-refractivity contribution is -0.132. The van der Waals surface area contributed by atoms with E-state index >= 15 is 0 Å². The number of imide groups is 1. The zero-order valence-electron chi connectivity index (χ0n) is 13.3. The normalized spacial score (nSPS) is 24.0. The molecule has 1 unspecified atom stereocenters. The highest BCUT2D eigenvalue weighted by Crippen LogP contribution is 2.09. The van der Waals surface area contributed by atoms with Crippen molar-refractivity contribution in [2.45, 2.75) is 25.3 Å². The Kier molecular flexibility index (Phi) is 5.86. The van der Waals surface area contributed by atoms with E-state index in [1.165, 1.54) is 6.08 Å². The maximum absolute atomic E-state index is 12.1. The number of nitrogens with zero attached hydrogens (tertiary/aromatic N) is 2. The molecule has 0 saturated carbocycles. The fraction of sp³-hybridized carbons (Fsp3) is 0.600. The molecule has 0 aromatic heterocycles. The number of hydrogen-bond acceptors (Lipinski definition) is 6. The van der Waals surface area contributed by atoms with Crippen LogP contribution >= 0.6 is 0 Å². The first-order valence-electron chi connectivity index (χ1n) is 7.79. The fourth-order valence-corrected chi connectivity index (χ4v) is 2.66.